The van der Waals surface area contributed by atoms with Crippen molar-refractivity contribution in [3.8, 4) is 11.5 Å². The molecule has 0 saturated carbocycles. The Bertz CT molecular complexity index is 732. The molecule has 0 aliphatic carbocycles. The van der Waals surface area contributed by atoms with E-state index in [0.717, 1.165) is 5.56 Å². The summed E-state index contributed by atoms with van der Waals surface area (Å²) in [5.74, 6) is 1.17. The smallest absolute Gasteiger partial charge is 0.253 e. The standard InChI is InChI=1S/C19H24N2O3.ClH/c1-19(2,13-9-10-16(23-3)17(11-13)24-4)12-21-18(22)14-7-5-6-8-15(14)20;/h5-11H,12,20H2,1-4H3,(H,21,22);1H. The maximum absolute atomic E-state index is 12.3. The Morgan fingerprint density at radius 2 is 1.72 bits per heavy atom. The molecule has 2 rings (SSSR count). The molecule has 0 aromatic heterocycles. The van der Waals surface area contributed by atoms with E-state index in [2.05, 4.69) is 19.2 Å². The number of carbonyl (C=O) groups is 1. The third-order valence-corrected chi connectivity index (χ3v) is 4.06. The number of halogens is 1. The van der Waals surface area contributed by atoms with Gasteiger partial charge in [0.25, 0.3) is 5.91 Å². The van der Waals surface area contributed by atoms with E-state index in [4.69, 9.17) is 15.2 Å². The number of benzene rings is 2. The summed E-state index contributed by atoms with van der Waals surface area (Å²) >= 11 is 0. The molecular formula is C19H25ClN2O3. The van der Waals surface area contributed by atoms with Crippen molar-refractivity contribution in [3.63, 3.8) is 0 Å². The molecule has 2 aromatic carbocycles. The van der Waals surface area contributed by atoms with Crippen LogP contribution in [-0.4, -0.2) is 26.7 Å². The van der Waals surface area contributed by atoms with Gasteiger partial charge in [0.1, 0.15) is 0 Å². The number of hydrogen-bond acceptors (Lipinski definition) is 4. The molecule has 0 aliphatic heterocycles. The highest BCUT2D eigenvalue weighted by Gasteiger charge is 2.23. The Kier molecular flexibility index (Phi) is 7.12. The molecule has 0 spiro atoms. The molecule has 0 saturated heterocycles. The quantitative estimate of drug-likeness (QED) is 0.770. The van der Waals surface area contributed by atoms with Crippen molar-refractivity contribution in [1.82, 2.24) is 5.32 Å². The average Bonchev–Trinajstić information content (AvgIpc) is 2.59. The van der Waals surface area contributed by atoms with Crippen molar-refractivity contribution in [1.29, 1.82) is 0 Å². The molecule has 136 valence electrons. The third kappa shape index (κ3) is 4.79. The van der Waals surface area contributed by atoms with Crippen molar-refractivity contribution < 1.29 is 14.3 Å². The van der Waals surface area contributed by atoms with E-state index in [0.29, 0.717) is 29.3 Å². The molecule has 25 heavy (non-hydrogen) atoms. The van der Waals surface area contributed by atoms with Crippen LogP contribution in [0.5, 0.6) is 11.5 Å². The second-order valence-electron chi connectivity index (χ2n) is 6.22. The van der Waals surface area contributed by atoms with Gasteiger partial charge in [0.05, 0.1) is 19.8 Å². The molecule has 6 heteroatoms. The second kappa shape index (κ2) is 8.62. The lowest BCUT2D eigenvalue weighted by molar-refractivity contribution is 0.0946. The Labute approximate surface area is 154 Å². The van der Waals surface area contributed by atoms with Crippen LogP contribution in [0.4, 0.5) is 5.69 Å². The number of nitrogen functional groups attached to an aromatic ring is 1. The van der Waals surface area contributed by atoms with Gasteiger partial charge in [0.15, 0.2) is 11.5 Å². The second-order valence-corrected chi connectivity index (χ2v) is 6.22. The summed E-state index contributed by atoms with van der Waals surface area (Å²) < 4.78 is 10.6. The van der Waals surface area contributed by atoms with Crippen LogP contribution in [0.15, 0.2) is 42.5 Å². The summed E-state index contributed by atoms with van der Waals surface area (Å²) in [6.07, 6.45) is 0. The molecule has 5 nitrogen and oxygen atoms in total. The monoisotopic (exact) mass is 364 g/mol. The highest BCUT2D eigenvalue weighted by atomic mass is 35.5. The van der Waals surface area contributed by atoms with Crippen molar-refractivity contribution in [2.75, 3.05) is 26.5 Å². The number of nitrogens with one attached hydrogen (secondary N) is 1. The van der Waals surface area contributed by atoms with Crippen LogP contribution in [0.3, 0.4) is 0 Å². The minimum Gasteiger partial charge on any atom is -0.493 e. The number of ether oxygens (including phenoxy) is 2. The number of carbonyl (C=O) groups excluding carboxylic acids is 1. The summed E-state index contributed by atoms with van der Waals surface area (Å²) in [5.41, 5.74) is 7.57. The average molecular weight is 365 g/mol. The Balaban J connectivity index is 0.00000312. The van der Waals surface area contributed by atoms with E-state index in [1.165, 1.54) is 0 Å². The lowest BCUT2D eigenvalue weighted by Gasteiger charge is -2.26. The first-order chi connectivity index (χ1) is 11.4. The van der Waals surface area contributed by atoms with Crippen molar-refractivity contribution in [2.45, 2.75) is 19.3 Å². The number of amides is 1. The highest BCUT2D eigenvalue weighted by Crippen LogP contribution is 2.32. The Morgan fingerprint density at radius 3 is 2.32 bits per heavy atom. The van der Waals surface area contributed by atoms with Crippen LogP contribution in [0.1, 0.15) is 29.8 Å². The minimum atomic E-state index is -0.279. The molecular weight excluding hydrogens is 340 g/mol. The van der Waals surface area contributed by atoms with Gasteiger partial charge in [-0.25, -0.2) is 0 Å². The molecule has 3 N–H and O–H groups in total. The number of hydrogen-bond donors (Lipinski definition) is 2. The maximum atomic E-state index is 12.3. The Hall–Kier alpha value is -2.40. The van der Waals surface area contributed by atoms with Crippen LogP contribution in [0, 0.1) is 0 Å². The van der Waals surface area contributed by atoms with Gasteiger partial charge >= 0.3 is 0 Å². The lowest BCUT2D eigenvalue weighted by Crippen LogP contribution is -2.37. The van der Waals surface area contributed by atoms with Gasteiger partial charge in [0.2, 0.25) is 0 Å². The first-order valence-electron chi connectivity index (χ1n) is 7.74. The molecule has 2 aromatic rings. The van der Waals surface area contributed by atoms with E-state index in [-0.39, 0.29) is 23.7 Å². The zero-order chi connectivity index (χ0) is 17.7. The molecule has 0 aliphatic rings. The van der Waals surface area contributed by atoms with Crippen LogP contribution in [0.25, 0.3) is 0 Å². The molecule has 0 unspecified atom stereocenters. The van der Waals surface area contributed by atoms with Gasteiger partial charge in [-0.1, -0.05) is 32.0 Å². The molecule has 0 bridgehead atoms. The first-order valence-corrected chi connectivity index (χ1v) is 7.74. The fourth-order valence-electron chi connectivity index (χ4n) is 2.46. The van der Waals surface area contributed by atoms with Gasteiger partial charge in [-0.3, -0.25) is 4.79 Å². The van der Waals surface area contributed by atoms with E-state index in [9.17, 15) is 4.79 Å². The van der Waals surface area contributed by atoms with E-state index >= 15 is 0 Å². The fourth-order valence-corrected chi connectivity index (χ4v) is 2.46. The van der Waals surface area contributed by atoms with Crippen molar-refractivity contribution >= 4 is 24.0 Å². The van der Waals surface area contributed by atoms with E-state index in [1.807, 2.05) is 18.2 Å². The number of methoxy groups -OCH3 is 2. The number of rotatable bonds is 6. The predicted molar refractivity (Wildman–Crippen MR) is 103 cm³/mol. The fraction of sp³-hybridized carbons (Fsp3) is 0.316. The van der Waals surface area contributed by atoms with Gasteiger partial charge in [-0.2, -0.15) is 0 Å². The number of nitrogens with two attached hydrogens (primary N) is 1. The largest absolute Gasteiger partial charge is 0.493 e. The third-order valence-electron chi connectivity index (χ3n) is 4.06. The Morgan fingerprint density at radius 1 is 1.08 bits per heavy atom. The highest BCUT2D eigenvalue weighted by molar-refractivity contribution is 5.99. The van der Waals surface area contributed by atoms with Crippen LogP contribution in [-0.2, 0) is 5.41 Å². The number of para-hydroxylation sites is 1. The first kappa shape index (κ1) is 20.6. The van der Waals surface area contributed by atoms with Gasteiger partial charge in [-0.05, 0) is 29.8 Å². The molecule has 0 heterocycles. The van der Waals surface area contributed by atoms with Crippen molar-refractivity contribution in [3.05, 3.63) is 53.6 Å². The molecule has 1 amide bonds. The summed E-state index contributed by atoms with van der Waals surface area (Å²) in [7, 11) is 3.21. The van der Waals surface area contributed by atoms with Gasteiger partial charge in [0, 0.05) is 17.6 Å². The molecule has 0 fully saturated rings. The summed E-state index contributed by atoms with van der Waals surface area (Å²) in [6, 6.07) is 12.8. The lowest BCUT2D eigenvalue weighted by atomic mass is 9.84. The zero-order valence-corrected chi connectivity index (χ0v) is 15.8. The summed E-state index contributed by atoms with van der Waals surface area (Å²) in [6.45, 7) is 4.58. The predicted octanol–water partition coefficient (Wildman–Crippen LogP) is 3.42. The van der Waals surface area contributed by atoms with Crippen molar-refractivity contribution in [2.24, 2.45) is 0 Å². The maximum Gasteiger partial charge on any atom is 0.253 e. The summed E-state index contributed by atoms with van der Waals surface area (Å²) in [5, 5.41) is 2.95. The minimum absolute atomic E-state index is 0. The normalized spacial score (nSPS) is 10.6. The summed E-state index contributed by atoms with van der Waals surface area (Å²) in [4.78, 5) is 12.3. The van der Waals surface area contributed by atoms with Crippen LogP contribution in [0.2, 0.25) is 0 Å². The molecule has 0 radical (unpaired) electrons. The SMILES string of the molecule is COc1ccc(C(C)(C)CNC(=O)c2ccccc2N)cc1OC.Cl. The van der Waals surface area contributed by atoms with Crippen LogP contribution >= 0.6 is 12.4 Å². The van der Waals surface area contributed by atoms with Gasteiger partial charge < -0.3 is 20.5 Å². The van der Waals surface area contributed by atoms with Gasteiger partial charge in [-0.15, -0.1) is 12.4 Å². The number of anilines is 1. The molecule has 0 atom stereocenters. The van der Waals surface area contributed by atoms with E-state index < -0.39 is 0 Å². The van der Waals surface area contributed by atoms with Crippen LogP contribution < -0.4 is 20.5 Å². The zero-order valence-electron chi connectivity index (χ0n) is 15.0. The topological polar surface area (TPSA) is 73.6 Å². The van der Waals surface area contributed by atoms with E-state index in [1.54, 1.807) is 38.5 Å².